The van der Waals surface area contributed by atoms with Crippen LogP contribution in [0.2, 0.25) is 0 Å². The van der Waals surface area contributed by atoms with Gasteiger partial charge in [0.2, 0.25) is 5.43 Å². The van der Waals surface area contributed by atoms with Crippen molar-refractivity contribution in [1.82, 2.24) is 0 Å². The van der Waals surface area contributed by atoms with Crippen LogP contribution in [0, 0.1) is 11.3 Å². The molecule has 0 aliphatic rings. The van der Waals surface area contributed by atoms with E-state index in [1.165, 1.54) is 17.4 Å². The molecule has 5 nitrogen and oxygen atoms in total. The van der Waals surface area contributed by atoms with E-state index in [0.717, 1.165) is 12.2 Å². The lowest BCUT2D eigenvalue weighted by molar-refractivity contribution is 0.344. The van der Waals surface area contributed by atoms with Crippen molar-refractivity contribution >= 4 is 50.8 Å². The fraction of sp³-hybridized carbons (Fsp3) is 0.263. The van der Waals surface area contributed by atoms with Gasteiger partial charge in [0.25, 0.3) is 5.69 Å². The van der Waals surface area contributed by atoms with E-state index in [1.807, 2.05) is 13.0 Å². The van der Waals surface area contributed by atoms with Gasteiger partial charge < -0.3 is 13.5 Å². The number of hydrogen-bond donors (Lipinski definition) is 0. The van der Waals surface area contributed by atoms with Crippen LogP contribution in [-0.4, -0.2) is 12.4 Å². The van der Waals surface area contributed by atoms with Crippen molar-refractivity contribution in [2.75, 3.05) is 12.4 Å². The van der Waals surface area contributed by atoms with Gasteiger partial charge in [0, 0.05) is 5.75 Å². The standard InChI is InChI=1S/C19H18NO4PS2/c1-3-9-27-25(26,22-4-2)24-14-6-8-18-16(11-14)19(21)15-10-13(12-20)5-7-17(15)23-18/h5-8,10-11H,3-4,9H2,1-2H3. The van der Waals surface area contributed by atoms with Crippen molar-refractivity contribution in [2.45, 2.75) is 20.3 Å². The van der Waals surface area contributed by atoms with E-state index >= 15 is 0 Å². The van der Waals surface area contributed by atoms with Crippen LogP contribution in [0.3, 0.4) is 0 Å². The van der Waals surface area contributed by atoms with Gasteiger partial charge in [-0.15, -0.1) is 0 Å². The molecule has 0 amide bonds. The quantitative estimate of drug-likeness (QED) is 0.364. The third kappa shape index (κ3) is 4.36. The van der Waals surface area contributed by atoms with Gasteiger partial charge in [0.05, 0.1) is 29.0 Å². The molecular weight excluding hydrogens is 401 g/mol. The van der Waals surface area contributed by atoms with E-state index in [9.17, 15) is 4.79 Å². The van der Waals surface area contributed by atoms with Gasteiger partial charge in [0.1, 0.15) is 16.9 Å². The number of nitrogens with zero attached hydrogens (tertiary/aromatic N) is 1. The van der Waals surface area contributed by atoms with Gasteiger partial charge in [-0.1, -0.05) is 18.3 Å². The number of fused-ring (bicyclic) bond motifs is 2. The molecule has 8 heteroatoms. The van der Waals surface area contributed by atoms with Gasteiger partial charge in [-0.05, 0) is 61.5 Å². The van der Waals surface area contributed by atoms with Crippen LogP contribution in [0.15, 0.2) is 45.6 Å². The van der Waals surface area contributed by atoms with E-state index in [0.29, 0.717) is 39.9 Å². The fourth-order valence-corrected chi connectivity index (χ4v) is 7.24. The van der Waals surface area contributed by atoms with Crippen LogP contribution in [0.25, 0.3) is 21.9 Å². The first kappa shape index (κ1) is 19.9. The van der Waals surface area contributed by atoms with Crippen LogP contribution in [0.4, 0.5) is 0 Å². The second-order valence-corrected chi connectivity index (χ2v) is 12.1. The Balaban J connectivity index is 2.07. The SMILES string of the molecule is CCCSP(=S)(OCC)Oc1ccc2oc3ccc(C#N)cc3c(=O)c2c1. The zero-order valence-electron chi connectivity index (χ0n) is 14.9. The molecule has 0 bridgehead atoms. The Morgan fingerprint density at radius 3 is 2.56 bits per heavy atom. The molecule has 0 N–H and O–H groups in total. The Labute approximate surface area is 166 Å². The van der Waals surface area contributed by atoms with Crippen molar-refractivity contribution in [3.8, 4) is 11.8 Å². The van der Waals surface area contributed by atoms with Crippen LogP contribution < -0.4 is 9.95 Å². The Bertz CT molecular complexity index is 1140. The second kappa shape index (κ2) is 8.45. The predicted molar refractivity (Wildman–Crippen MR) is 114 cm³/mol. The summed E-state index contributed by atoms with van der Waals surface area (Å²) in [4.78, 5) is 12.9. The first-order valence-corrected chi connectivity index (χ1v) is 12.7. The summed E-state index contributed by atoms with van der Waals surface area (Å²) in [6.07, 6.45) is 0.966. The minimum atomic E-state index is -2.54. The van der Waals surface area contributed by atoms with Gasteiger partial charge in [-0.2, -0.15) is 5.26 Å². The molecule has 1 atom stereocenters. The molecule has 1 heterocycles. The number of benzene rings is 2. The number of nitriles is 1. The van der Waals surface area contributed by atoms with Crippen molar-refractivity contribution < 1.29 is 13.5 Å². The van der Waals surface area contributed by atoms with Gasteiger partial charge in [0.15, 0.2) is 0 Å². The summed E-state index contributed by atoms with van der Waals surface area (Å²) < 4.78 is 17.5. The molecule has 1 unspecified atom stereocenters. The third-order valence-electron chi connectivity index (χ3n) is 3.73. The molecule has 0 fully saturated rings. The monoisotopic (exact) mass is 419 g/mol. The van der Waals surface area contributed by atoms with Crippen LogP contribution in [-0.2, 0) is 16.3 Å². The van der Waals surface area contributed by atoms with Crippen molar-refractivity contribution in [3.05, 3.63) is 52.2 Å². The Kier molecular flexibility index (Phi) is 6.23. The molecule has 0 saturated carbocycles. The first-order chi connectivity index (χ1) is 13.0. The lowest BCUT2D eigenvalue weighted by atomic mass is 10.1. The van der Waals surface area contributed by atoms with Crippen LogP contribution in [0.1, 0.15) is 25.8 Å². The zero-order valence-corrected chi connectivity index (χ0v) is 17.5. The maximum absolute atomic E-state index is 12.9. The summed E-state index contributed by atoms with van der Waals surface area (Å²) in [5.74, 6) is 1.32. The molecule has 0 radical (unpaired) electrons. The van der Waals surface area contributed by atoms with Crippen molar-refractivity contribution in [1.29, 1.82) is 5.26 Å². The lowest BCUT2D eigenvalue weighted by Crippen LogP contribution is -2.03. The molecule has 0 aliphatic heterocycles. The highest BCUT2D eigenvalue weighted by Gasteiger charge is 2.21. The van der Waals surface area contributed by atoms with E-state index in [2.05, 4.69) is 6.92 Å². The fourth-order valence-electron chi connectivity index (χ4n) is 2.54. The topological polar surface area (TPSA) is 72.5 Å². The maximum atomic E-state index is 12.9. The van der Waals surface area contributed by atoms with E-state index in [1.54, 1.807) is 30.3 Å². The summed E-state index contributed by atoms with van der Waals surface area (Å²) in [7, 11) is 0. The average molecular weight is 419 g/mol. The van der Waals surface area contributed by atoms with Crippen molar-refractivity contribution in [2.24, 2.45) is 0 Å². The highest BCUT2D eigenvalue weighted by Crippen LogP contribution is 2.60. The van der Waals surface area contributed by atoms with Crippen molar-refractivity contribution in [3.63, 3.8) is 0 Å². The molecule has 0 aliphatic carbocycles. The number of rotatable bonds is 7. The molecule has 0 saturated heterocycles. The summed E-state index contributed by atoms with van der Waals surface area (Å²) in [5.41, 5.74) is -1.44. The minimum Gasteiger partial charge on any atom is -0.456 e. The van der Waals surface area contributed by atoms with E-state index < -0.39 is 5.69 Å². The molecule has 0 spiro atoms. The molecule has 3 rings (SSSR count). The molecule has 2 aromatic carbocycles. The largest absolute Gasteiger partial charge is 0.456 e. The zero-order chi connectivity index (χ0) is 19.4. The number of hydrogen-bond acceptors (Lipinski definition) is 7. The molecule has 140 valence electrons. The average Bonchev–Trinajstić information content (AvgIpc) is 2.67. The molecule has 27 heavy (non-hydrogen) atoms. The Morgan fingerprint density at radius 1 is 1.19 bits per heavy atom. The normalized spacial score (nSPS) is 13.4. The highest BCUT2D eigenvalue weighted by molar-refractivity contribution is 8.68. The van der Waals surface area contributed by atoms with Gasteiger partial charge in [-0.25, -0.2) is 0 Å². The smallest absolute Gasteiger partial charge is 0.297 e. The van der Waals surface area contributed by atoms with E-state index in [4.69, 9.17) is 30.5 Å². The molecular formula is C19H18NO4PS2. The van der Waals surface area contributed by atoms with Crippen LogP contribution in [0.5, 0.6) is 5.75 Å². The summed E-state index contributed by atoms with van der Waals surface area (Å²) >= 11 is 7.11. The molecule has 3 aromatic rings. The maximum Gasteiger partial charge on any atom is 0.297 e. The van der Waals surface area contributed by atoms with E-state index in [-0.39, 0.29) is 5.43 Å². The lowest BCUT2D eigenvalue weighted by Gasteiger charge is -2.21. The minimum absolute atomic E-state index is 0.209. The highest BCUT2D eigenvalue weighted by atomic mass is 32.9. The van der Waals surface area contributed by atoms with Crippen LogP contribution >= 0.6 is 17.1 Å². The Morgan fingerprint density at radius 2 is 1.89 bits per heavy atom. The predicted octanol–water partition coefficient (Wildman–Crippen LogP) is 5.60. The third-order valence-corrected chi connectivity index (χ3v) is 9.17. The Hall–Kier alpha value is -1.84. The van der Waals surface area contributed by atoms with Gasteiger partial charge >= 0.3 is 0 Å². The van der Waals surface area contributed by atoms with Gasteiger partial charge in [-0.3, -0.25) is 4.79 Å². The summed E-state index contributed by atoms with van der Waals surface area (Å²) in [5, 5.41) is 9.81. The second-order valence-electron chi connectivity index (χ2n) is 5.70. The first-order valence-electron chi connectivity index (χ1n) is 8.49. The molecule has 1 aromatic heterocycles. The summed E-state index contributed by atoms with van der Waals surface area (Å²) in [6, 6.07) is 11.9. The summed E-state index contributed by atoms with van der Waals surface area (Å²) in [6.45, 7) is 4.41.